The van der Waals surface area contributed by atoms with Crippen molar-refractivity contribution in [1.82, 2.24) is 5.32 Å². The Labute approximate surface area is 133 Å². The molecule has 21 heavy (non-hydrogen) atoms. The predicted octanol–water partition coefficient (Wildman–Crippen LogP) is 5.01. The topological polar surface area (TPSA) is 21.3 Å². The Morgan fingerprint density at radius 1 is 1.05 bits per heavy atom. The van der Waals surface area contributed by atoms with E-state index in [0.717, 1.165) is 15.8 Å². The molecule has 0 aliphatic heterocycles. The van der Waals surface area contributed by atoms with Crippen molar-refractivity contribution in [3.8, 4) is 5.75 Å². The van der Waals surface area contributed by atoms with E-state index in [4.69, 9.17) is 4.74 Å². The highest BCUT2D eigenvalue weighted by Crippen LogP contribution is 2.24. The zero-order chi connectivity index (χ0) is 15.4. The summed E-state index contributed by atoms with van der Waals surface area (Å²) >= 11 is 3.27. The second kappa shape index (κ2) is 7.05. The van der Waals surface area contributed by atoms with Crippen LogP contribution in [0.25, 0.3) is 0 Å². The molecule has 1 N–H and O–H groups in total. The zero-order valence-electron chi connectivity index (χ0n) is 12.4. The first kappa shape index (κ1) is 16.0. The van der Waals surface area contributed by atoms with Gasteiger partial charge >= 0.3 is 0 Å². The van der Waals surface area contributed by atoms with Crippen LogP contribution in [-0.2, 0) is 0 Å². The van der Waals surface area contributed by atoms with Crippen LogP contribution < -0.4 is 10.1 Å². The summed E-state index contributed by atoms with van der Waals surface area (Å²) in [6.45, 7) is 4.03. The Hall–Kier alpha value is -1.39. The summed E-state index contributed by atoms with van der Waals surface area (Å²) in [5.74, 6) is 0.629. The molecular weight excluding hydrogens is 333 g/mol. The molecule has 0 aromatic heterocycles. The minimum Gasteiger partial charge on any atom is -0.497 e. The van der Waals surface area contributed by atoms with Crippen LogP contribution in [0.2, 0.25) is 0 Å². The number of ether oxygens (including phenoxy) is 1. The van der Waals surface area contributed by atoms with Crippen molar-refractivity contribution in [3.05, 3.63) is 63.9 Å². The minimum atomic E-state index is -0.202. The molecule has 0 saturated heterocycles. The lowest BCUT2D eigenvalue weighted by molar-refractivity contribution is 0.414. The lowest BCUT2D eigenvalue weighted by Crippen LogP contribution is -2.23. The highest BCUT2D eigenvalue weighted by Gasteiger charge is 2.14. The van der Waals surface area contributed by atoms with E-state index in [1.165, 1.54) is 6.07 Å². The van der Waals surface area contributed by atoms with Crippen molar-refractivity contribution in [1.29, 1.82) is 0 Å². The zero-order valence-corrected chi connectivity index (χ0v) is 13.9. The van der Waals surface area contributed by atoms with E-state index in [2.05, 4.69) is 28.2 Å². The fourth-order valence-corrected chi connectivity index (χ4v) is 2.64. The van der Waals surface area contributed by atoms with E-state index in [1.807, 2.05) is 37.3 Å². The molecule has 4 heteroatoms. The normalized spacial score (nSPS) is 13.8. The molecule has 0 radical (unpaired) electrons. The van der Waals surface area contributed by atoms with E-state index in [9.17, 15) is 4.39 Å². The van der Waals surface area contributed by atoms with Gasteiger partial charge in [-0.1, -0.05) is 34.1 Å². The van der Waals surface area contributed by atoms with E-state index in [0.29, 0.717) is 5.56 Å². The molecule has 2 atom stereocenters. The number of benzene rings is 2. The number of methoxy groups -OCH3 is 1. The average Bonchev–Trinajstić information content (AvgIpc) is 2.47. The number of rotatable bonds is 5. The van der Waals surface area contributed by atoms with Crippen molar-refractivity contribution in [2.24, 2.45) is 0 Å². The quantitative estimate of drug-likeness (QED) is 0.817. The molecule has 2 aromatic carbocycles. The molecule has 0 aliphatic rings. The Morgan fingerprint density at radius 3 is 2.29 bits per heavy atom. The van der Waals surface area contributed by atoms with Gasteiger partial charge in [-0.05, 0) is 43.7 Å². The fourth-order valence-electron chi connectivity index (χ4n) is 2.31. The maximum Gasteiger partial charge on any atom is 0.129 e. The number of halogens is 2. The molecule has 0 saturated carbocycles. The van der Waals surface area contributed by atoms with Gasteiger partial charge in [0.25, 0.3) is 0 Å². The largest absolute Gasteiger partial charge is 0.497 e. The molecular formula is C17H19BrFNO. The van der Waals surface area contributed by atoms with Crippen LogP contribution in [0.3, 0.4) is 0 Å². The van der Waals surface area contributed by atoms with E-state index < -0.39 is 0 Å². The summed E-state index contributed by atoms with van der Waals surface area (Å²) in [5.41, 5.74) is 1.80. The molecule has 1 unspecified atom stereocenters. The van der Waals surface area contributed by atoms with Gasteiger partial charge in [-0.2, -0.15) is 0 Å². The molecule has 0 aliphatic carbocycles. The highest BCUT2D eigenvalue weighted by atomic mass is 79.9. The summed E-state index contributed by atoms with van der Waals surface area (Å²) in [6.07, 6.45) is 0. The number of hydrogen-bond acceptors (Lipinski definition) is 2. The monoisotopic (exact) mass is 351 g/mol. The first-order valence-electron chi connectivity index (χ1n) is 6.86. The maximum atomic E-state index is 14.0. The maximum absolute atomic E-state index is 14.0. The van der Waals surface area contributed by atoms with E-state index in [1.54, 1.807) is 13.2 Å². The number of nitrogens with one attached hydrogen (secondary N) is 1. The van der Waals surface area contributed by atoms with Gasteiger partial charge in [0.1, 0.15) is 11.6 Å². The smallest absolute Gasteiger partial charge is 0.129 e. The molecule has 112 valence electrons. The third kappa shape index (κ3) is 4.05. The van der Waals surface area contributed by atoms with Crippen LogP contribution in [0.15, 0.2) is 46.9 Å². The van der Waals surface area contributed by atoms with Gasteiger partial charge in [0.15, 0.2) is 0 Å². The van der Waals surface area contributed by atoms with Crippen molar-refractivity contribution in [2.75, 3.05) is 7.11 Å². The Morgan fingerprint density at radius 2 is 1.71 bits per heavy atom. The van der Waals surface area contributed by atoms with Crippen LogP contribution in [0.4, 0.5) is 4.39 Å². The van der Waals surface area contributed by atoms with Crippen molar-refractivity contribution < 1.29 is 9.13 Å². The van der Waals surface area contributed by atoms with Crippen molar-refractivity contribution in [2.45, 2.75) is 25.9 Å². The SMILES string of the molecule is COc1ccc([C@@H](C)NC(C)c2ccc(Br)cc2F)cc1. The van der Waals surface area contributed by atoms with Gasteiger partial charge in [0, 0.05) is 22.1 Å². The lowest BCUT2D eigenvalue weighted by atomic mass is 10.0. The number of hydrogen-bond donors (Lipinski definition) is 1. The summed E-state index contributed by atoms with van der Waals surface area (Å²) < 4.78 is 19.9. The van der Waals surface area contributed by atoms with Crippen LogP contribution >= 0.6 is 15.9 Å². The van der Waals surface area contributed by atoms with Crippen LogP contribution in [0.1, 0.15) is 37.1 Å². The highest BCUT2D eigenvalue weighted by molar-refractivity contribution is 9.10. The van der Waals surface area contributed by atoms with Crippen molar-refractivity contribution in [3.63, 3.8) is 0 Å². The summed E-state index contributed by atoms with van der Waals surface area (Å²) in [4.78, 5) is 0. The molecule has 2 nitrogen and oxygen atoms in total. The van der Waals surface area contributed by atoms with Gasteiger partial charge in [-0.25, -0.2) is 4.39 Å². The molecule has 0 fully saturated rings. The van der Waals surface area contributed by atoms with Crippen LogP contribution in [0.5, 0.6) is 5.75 Å². The average molecular weight is 352 g/mol. The Kier molecular flexibility index (Phi) is 5.37. The van der Waals surface area contributed by atoms with Gasteiger partial charge in [0.2, 0.25) is 0 Å². The summed E-state index contributed by atoms with van der Waals surface area (Å²) in [7, 11) is 1.65. The summed E-state index contributed by atoms with van der Waals surface area (Å²) in [5, 5.41) is 3.41. The Bertz CT molecular complexity index is 600. The minimum absolute atomic E-state index is 0.0739. The van der Waals surface area contributed by atoms with Crippen LogP contribution in [-0.4, -0.2) is 7.11 Å². The first-order chi connectivity index (χ1) is 10.0. The third-order valence-electron chi connectivity index (χ3n) is 3.54. The van der Waals surface area contributed by atoms with E-state index >= 15 is 0 Å². The van der Waals surface area contributed by atoms with E-state index in [-0.39, 0.29) is 17.9 Å². The van der Waals surface area contributed by atoms with Gasteiger partial charge in [-0.15, -0.1) is 0 Å². The standard InChI is InChI=1S/C17H19BrFNO/c1-11(13-4-7-15(21-3)8-5-13)20-12(2)16-9-6-14(18)10-17(16)19/h4-12,20H,1-3H3/t11-,12?/m1/s1. The Balaban J connectivity index is 2.08. The molecule has 0 amide bonds. The molecule has 0 heterocycles. The molecule has 0 bridgehead atoms. The fraction of sp³-hybridized carbons (Fsp3) is 0.294. The summed E-state index contributed by atoms with van der Waals surface area (Å²) in [6, 6.07) is 13.1. The van der Waals surface area contributed by atoms with Gasteiger partial charge in [0.05, 0.1) is 7.11 Å². The molecule has 2 rings (SSSR count). The van der Waals surface area contributed by atoms with Crippen LogP contribution in [0, 0.1) is 5.82 Å². The van der Waals surface area contributed by atoms with Gasteiger partial charge in [-0.3, -0.25) is 0 Å². The second-order valence-corrected chi connectivity index (χ2v) is 5.96. The lowest BCUT2D eigenvalue weighted by Gasteiger charge is -2.21. The molecule has 2 aromatic rings. The second-order valence-electron chi connectivity index (χ2n) is 5.05. The molecule has 0 spiro atoms. The predicted molar refractivity (Wildman–Crippen MR) is 87.1 cm³/mol. The third-order valence-corrected chi connectivity index (χ3v) is 4.04. The first-order valence-corrected chi connectivity index (χ1v) is 7.65. The van der Waals surface area contributed by atoms with Crippen molar-refractivity contribution >= 4 is 15.9 Å². The van der Waals surface area contributed by atoms with Gasteiger partial charge < -0.3 is 10.1 Å².